The average molecular weight is 314 g/mol. The Kier molecular flexibility index (Phi) is 4.44. The summed E-state index contributed by atoms with van der Waals surface area (Å²) in [7, 11) is 0. The summed E-state index contributed by atoms with van der Waals surface area (Å²) < 4.78 is 6.34. The minimum absolute atomic E-state index is 0.219. The number of aromatic hydroxyl groups is 1. The van der Waals surface area contributed by atoms with Gasteiger partial charge >= 0.3 is 0 Å². The average Bonchev–Trinajstić information content (AvgIpc) is 2.46. The number of aryl methyl sites for hydroxylation is 1. The predicted molar refractivity (Wildman–Crippen MR) is 95.2 cm³/mol. The lowest BCUT2D eigenvalue weighted by molar-refractivity contribution is 0.0247. The molecule has 1 aliphatic carbocycles. The van der Waals surface area contributed by atoms with Crippen LogP contribution in [0, 0.1) is 11.8 Å². The molecule has 0 saturated heterocycles. The van der Waals surface area contributed by atoms with Crippen LogP contribution in [0.2, 0.25) is 0 Å². The van der Waals surface area contributed by atoms with Crippen molar-refractivity contribution in [2.45, 2.75) is 71.3 Å². The predicted octanol–water partition coefficient (Wildman–Crippen LogP) is 5.59. The molecule has 23 heavy (non-hydrogen) atoms. The summed E-state index contributed by atoms with van der Waals surface area (Å²) in [6, 6.07) is 4.14. The third kappa shape index (κ3) is 3.13. The van der Waals surface area contributed by atoms with Crippen LogP contribution in [0.3, 0.4) is 0 Å². The number of benzene rings is 1. The van der Waals surface area contributed by atoms with E-state index in [0.29, 0.717) is 23.5 Å². The van der Waals surface area contributed by atoms with Gasteiger partial charge in [0.15, 0.2) is 0 Å². The summed E-state index contributed by atoms with van der Waals surface area (Å²) in [5.41, 5.74) is 2.01. The van der Waals surface area contributed by atoms with Gasteiger partial charge in [-0.05, 0) is 56.7 Å². The number of rotatable bonds is 4. The van der Waals surface area contributed by atoms with Crippen LogP contribution in [0.15, 0.2) is 24.3 Å². The number of hydrogen-bond acceptors (Lipinski definition) is 2. The van der Waals surface area contributed by atoms with Crippen LogP contribution in [0.1, 0.15) is 70.4 Å². The summed E-state index contributed by atoms with van der Waals surface area (Å²) in [6.07, 6.45) is 10.3. The van der Waals surface area contributed by atoms with E-state index in [-0.39, 0.29) is 5.60 Å². The van der Waals surface area contributed by atoms with Crippen molar-refractivity contribution >= 4 is 0 Å². The zero-order chi connectivity index (χ0) is 16.6. The van der Waals surface area contributed by atoms with E-state index in [1.165, 1.54) is 24.8 Å². The number of phenols is 1. The van der Waals surface area contributed by atoms with Gasteiger partial charge in [0.1, 0.15) is 17.1 Å². The molecule has 1 aromatic carbocycles. The van der Waals surface area contributed by atoms with Crippen molar-refractivity contribution in [1.82, 2.24) is 0 Å². The first-order valence-corrected chi connectivity index (χ1v) is 9.15. The molecule has 1 aliphatic heterocycles. The summed E-state index contributed by atoms with van der Waals surface area (Å²) >= 11 is 0. The second-order valence-electron chi connectivity index (χ2n) is 7.92. The molecule has 1 aromatic rings. The SMILES string of the molecule is CCCCCc1cc(O)c2c(c1)OC(C)(C)[C@@H]1C=C[C@@H](C)C[C@@H]21. The maximum atomic E-state index is 10.7. The fraction of sp³-hybridized carbons (Fsp3) is 0.619. The van der Waals surface area contributed by atoms with E-state index >= 15 is 0 Å². The molecule has 2 heteroatoms. The minimum Gasteiger partial charge on any atom is -0.508 e. The normalized spacial score (nSPS) is 27.9. The molecule has 0 amide bonds. The van der Waals surface area contributed by atoms with Crippen molar-refractivity contribution in [2.24, 2.45) is 11.8 Å². The van der Waals surface area contributed by atoms with E-state index in [9.17, 15) is 5.11 Å². The first kappa shape index (κ1) is 16.4. The smallest absolute Gasteiger partial charge is 0.127 e. The Labute approximate surface area is 140 Å². The van der Waals surface area contributed by atoms with Gasteiger partial charge in [-0.2, -0.15) is 0 Å². The lowest BCUT2D eigenvalue weighted by Crippen LogP contribution is -2.45. The van der Waals surface area contributed by atoms with Crippen LogP contribution in [0.5, 0.6) is 11.5 Å². The molecule has 0 fully saturated rings. The van der Waals surface area contributed by atoms with Crippen molar-refractivity contribution in [3.63, 3.8) is 0 Å². The Bertz CT molecular complexity index is 600. The molecule has 0 unspecified atom stereocenters. The third-order valence-corrected chi connectivity index (χ3v) is 5.50. The maximum absolute atomic E-state index is 10.7. The fourth-order valence-electron chi connectivity index (χ4n) is 4.28. The molecule has 0 aromatic heterocycles. The first-order valence-electron chi connectivity index (χ1n) is 9.15. The molecular formula is C21H30O2. The largest absolute Gasteiger partial charge is 0.508 e. The van der Waals surface area contributed by atoms with Crippen LogP contribution in [0.4, 0.5) is 0 Å². The van der Waals surface area contributed by atoms with Crippen LogP contribution >= 0.6 is 0 Å². The molecule has 0 spiro atoms. The van der Waals surface area contributed by atoms with Gasteiger partial charge in [-0.1, -0.05) is 38.8 Å². The molecule has 2 aliphatic rings. The van der Waals surface area contributed by atoms with Crippen LogP contribution < -0.4 is 4.74 Å². The van der Waals surface area contributed by atoms with Gasteiger partial charge in [0.25, 0.3) is 0 Å². The van der Waals surface area contributed by atoms with Gasteiger partial charge in [0.05, 0.1) is 0 Å². The summed E-state index contributed by atoms with van der Waals surface area (Å²) in [5, 5.41) is 10.7. The number of phenolic OH excluding ortho intramolecular Hbond substituents is 1. The van der Waals surface area contributed by atoms with Crippen molar-refractivity contribution < 1.29 is 9.84 Å². The molecule has 0 bridgehead atoms. The minimum atomic E-state index is -0.219. The van der Waals surface area contributed by atoms with E-state index in [4.69, 9.17) is 4.74 Å². The fourth-order valence-corrected chi connectivity index (χ4v) is 4.28. The number of allylic oxidation sites excluding steroid dienone is 1. The number of ether oxygens (including phenoxy) is 1. The number of unbranched alkanes of at least 4 members (excludes halogenated alkanes) is 2. The second kappa shape index (κ2) is 6.22. The topological polar surface area (TPSA) is 29.5 Å². The van der Waals surface area contributed by atoms with E-state index in [1.54, 1.807) is 0 Å². The monoisotopic (exact) mass is 314 g/mol. The highest BCUT2D eigenvalue weighted by Crippen LogP contribution is 2.53. The molecular weight excluding hydrogens is 284 g/mol. The Balaban J connectivity index is 1.97. The van der Waals surface area contributed by atoms with Crippen LogP contribution in [-0.4, -0.2) is 10.7 Å². The molecule has 0 radical (unpaired) electrons. The third-order valence-electron chi connectivity index (χ3n) is 5.50. The summed E-state index contributed by atoms with van der Waals surface area (Å²) in [4.78, 5) is 0. The second-order valence-corrected chi connectivity index (χ2v) is 7.92. The van der Waals surface area contributed by atoms with Gasteiger partial charge < -0.3 is 9.84 Å². The Hall–Kier alpha value is -1.44. The lowest BCUT2D eigenvalue weighted by Gasteiger charge is -2.46. The summed E-state index contributed by atoms with van der Waals surface area (Å²) in [5.74, 6) is 2.59. The van der Waals surface area contributed by atoms with Crippen molar-refractivity contribution in [2.75, 3.05) is 0 Å². The number of hydrogen-bond donors (Lipinski definition) is 1. The number of fused-ring (bicyclic) bond motifs is 3. The Morgan fingerprint density at radius 3 is 2.74 bits per heavy atom. The van der Waals surface area contributed by atoms with Gasteiger partial charge in [-0.25, -0.2) is 0 Å². The molecule has 126 valence electrons. The van der Waals surface area contributed by atoms with Crippen molar-refractivity contribution in [3.8, 4) is 11.5 Å². The van der Waals surface area contributed by atoms with Gasteiger partial charge in [-0.3, -0.25) is 0 Å². The van der Waals surface area contributed by atoms with Crippen LogP contribution in [-0.2, 0) is 6.42 Å². The highest BCUT2D eigenvalue weighted by atomic mass is 16.5. The van der Waals surface area contributed by atoms with E-state index in [1.807, 2.05) is 6.07 Å². The van der Waals surface area contributed by atoms with E-state index in [0.717, 1.165) is 24.2 Å². The lowest BCUT2D eigenvalue weighted by atomic mass is 9.67. The zero-order valence-corrected chi connectivity index (χ0v) is 14.9. The summed E-state index contributed by atoms with van der Waals surface area (Å²) in [6.45, 7) is 8.82. The van der Waals surface area contributed by atoms with Crippen LogP contribution in [0.25, 0.3) is 0 Å². The Morgan fingerprint density at radius 1 is 1.22 bits per heavy atom. The molecule has 3 atom stereocenters. The zero-order valence-electron chi connectivity index (χ0n) is 14.9. The quantitative estimate of drug-likeness (QED) is 0.579. The maximum Gasteiger partial charge on any atom is 0.127 e. The molecule has 0 saturated carbocycles. The molecule has 1 heterocycles. The van der Waals surface area contributed by atoms with Crippen molar-refractivity contribution in [1.29, 1.82) is 0 Å². The molecule has 2 nitrogen and oxygen atoms in total. The van der Waals surface area contributed by atoms with E-state index < -0.39 is 0 Å². The van der Waals surface area contributed by atoms with Crippen molar-refractivity contribution in [3.05, 3.63) is 35.4 Å². The highest BCUT2D eigenvalue weighted by molar-refractivity contribution is 5.52. The standard InChI is InChI=1S/C21H30O2/c1-5-6-7-8-15-12-18(22)20-16-11-14(2)9-10-17(16)21(3,4)23-19(20)13-15/h9-10,12-14,16-17,22H,5-8,11H2,1-4H3/t14-,16-,17-/m1/s1. The first-order chi connectivity index (χ1) is 10.9. The molecule has 3 rings (SSSR count). The highest BCUT2D eigenvalue weighted by Gasteiger charge is 2.45. The molecule has 1 N–H and O–H groups in total. The van der Waals surface area contributed by atoms with Gasteiger partial charge in [0, 0.05) is 17.4 Å². The van der Waals surface area contributed by atoms with E-state index in [2.05, 4.69) is 45.9 Å². The van der Waals surface area contributed by atoms with Gasteiger partial charge in [0.2, 0.25) is 0 Å². The van der Waals surface area contributed by atoms with Gasteiger partial charge in [-0.15, -0.1) is 0 Å². The Morgan fingerprint density at radius 2 is 2.00 bits per heavy atom.